The van der Waals surface area contributed by atoms with Gasteiger partial charge in [-0.25, -0.2) is 9.59 Å². The molecule has 2 N–H and O–H groups in total. The molecule has 216 valence electrons. The highest BCUT2D eigenvalue weighted by atomic mass is 35.5. The first-order valence-electron chi connectivity index (χ1n) is 13.2. The van der Waals surface area contributed by atoms with Gasteiger partial charge in [-0.05, 0) is 65.8 Å². The Bertz CT molecular complexity index is 1200. The van der Waals surface area contributed by atoms with E-state index in [2.05, 4.69) is 10.6 Å². The fourth-order valence-electron chi connectivity index (χ4n) is 5.20. The molecule has 40 heavy (non-hydrogen) atoms. The topological polar surface area (TPSA) is 95.1 Å². The summed E-state index contributed by atoms with van der Waals surface area (Å²) in [5.74, 6) is -4.52. The summed E-state index contributed by atoms with van der Waals surface area (Å²) < 4.78 is 24.2. The fourth-order valence-corrected chi connectivity index (χ4v) is 5.59. The minimum Gasteiger partial charge on any atom is -0.424 e. The zero-order chi connectivity index (χ0) is 29.3. The van der Waals surface area contributed by atoms with Gasteiger partial charge >= 0.3 is 11.9 Å². The van der Waals surface area contributed by atoms with Gasteiger partial charge in [-0.1, -0.05) is 47.5 Å². The number of hydrogen-bond acceptors (Lipinski definition) is 8. The van der Waals surface area contributed by atoms with Crippen molar-refractivity contribution in [1.29, 1.82) is 0 Å². The molecule has 0 radical (unpaired) electrons. The predicted octanol–water partition coefficient (Wildman–Crippen LogP) is 5.22. The van der Waals surface area contributed by atoms with Crippen molar-refractivity contribution in [1.82, 2.24) is 10.6 Å². The van der Waals surface area contributed by atoms with Gasteiger partial charge in [-0.3, -0.25) is 0 Å². The van der Waals surface area contributed by atoms with Crippen LogP contribution in [0, 0.1) is 0 Å². The van der Waals surface area contributed by atoms with Gasteiger partial charge < -0.3 is 29.6 Å². The Hall–Kier alpha value is -2.46. The molecule has 0 saturated carbocycles. The molecule has 0 aromatic heterocycles. The van der Waals surface area contributed by atoms with Gasteiger partial charge in [0.2, 0.25) is 0 Å². The number of ether oxygens (including phenoxy) is 4. The second-order valence-corrected chi connectivity index (χ2v) is 12.5. The van der Waals surface area contributed by atoms with E-state index in [4.69, 9.17) is 42.1 Å². The summed E-state index contributed by atoms with van der Waals surface area (Å²) in [6, 6.07) is 13.0. The van der Waals surface area contributed by atoms with Crippen LogP contribution in [0.4, 0.5) is 0 Å². The lowest BCUT2D eigenvalue weighted by Gasteiger charge is -2.48. The van der Waals surface area contributed by atoms with Gasteiger partial charge in [-0.2, -0.15) is 0 Å². The van der Waals surface area contributed by atoms with Gasteiger partial charge in [0, 0.05) is 44.4 Å². The minimum atomic E-state index is -1.47. The van der Waals surface area contributed by atoms with Gasteiger partial charge in [0.1, 0.15) is 0 Å². The molecule has 2 saturated heterocycles. The van der Waals surface area contributed by atoms with Crippen molar-refractivity contribution in [2.45, 2.75) is 76.3 Å². The predicted molar refractivity (Wildman–Crippen MR) is 153 cm³/mol. The van der Waals surface area contributed by atoms with Crippen molar-refractivity contribution >= 4 is 35.1 Å². The van der Waals surface area contributed by atoms with Crippen molar-refractivity contribution in [2.24, 2.45) is 0 Å². The highest BCUT2D eigenvalue weighted by molar-refractivity contribution is 6.30. The molecule has 2 heterocycles. The van der Waals surface area contributed by atoms with Crippen LogP contribution in [0.25, 0.3) is 0 Å². The number of rotatable bonds is 6. The van der Waals surface area contributed by atoms with Gasteiger partial charge in [0.15, 0.2) is 0 Å². The van der Waals surface area contributed by atoms with Crippen LogP contribution in [0.15, 0.2) is 60.7 Å². The molecule has 0 amide bonds. The first-order chi connectivity index (χ1) is 18.7. The van der Waals surface area contributed by atoms with Gasteiger partial charge in [0.25, 0.3) is 11.6 Å². The zero-order valence-corrected chi connectivity index (χ0v) is 25.1. The second-order valence-electron chi connectivity index (χ2n) is 11.6. The molecular weight excluding hydrogens is 555 g/mol. The van der Waals surface area contributed by atoms with E-state index in [1.807, 2.05) is 41.5 Å². The zero-order valence-electron chi connectivity index (χ0n) is 23.5. The summed E-state index contributed by atoms with van der Waals surface area (Å²) in [6.45, 7) is 12.2. The molecule has 2 aliphatic rings. The Morgan fingerprint density at radius 1 is 0.775 bits per heavy atom. The van der Waals surface area contributed by atoms with Crippen LogP contribution < -0.4 is 10.6 Å². The van der Waals surface area contributed by atoms with Crippen LogP contribution in [0.5, 0.6) is 0 Å². The van der Waals surface area contributed by atoms with Crippen molar-refractivity contribution in [2.75, 3.05) is 13.2 Å². The van der Waals surface area contributed by atoms with E-state index in [1.54, 1.807) is 48.5 Å². The maximum absolute atomic E-state index is 13.1. The average molecular weight is 592 g/mol. The summed E-state index contributed by atoms with van der Waals surface area (Å²) in [5.41, 5.74) is 0.443. The van der Waals surface area contributed by atoms with E-state index in [0.29, 0.717) is 21.2 Å². The lowest BCUT2D eigenvalue weighted by Crippen LogP contribution is -2.64. The SMILES string of the molecule is C[C@@H]1NC(C)(C)CO[C@@]1(OC(=O)/C=C/C(=O)O[C@@]1(c2cccc(Cl)c2)OCC(C)(C)N[C@H]1C)c1cccc(Cl)c1. The highest BCUT2D eigenvalue weighted by Gasteiger charge is 2.51. The van der Waals surface area contributed by atoms with Crippen molar-refractivity contribution in [3.63, 3.8) is 0 Å². The van der Waals surface area contributed by atoms with E-state index in [9.17, 15) is 9.59 Å². The molecule has 0 aliphatic carbocycles. The second kappa shape index (κ2) is 11.4. The van der Waals surface area contributed by atoms with Crippen molar-refractivity contribution < 1.29 is 28.5 Å². The number of hydrogen-bond donors (Lipinski definition) is 2. The van der Waals surface area contributed by atoms with E-state index >= 15 is 0 Å². The molecule has 8 nitrogen and oxygen atoms in total. The number of benzene rings is 2. The number of halogens is 2. The molecular formula is C30H36Cl2N2O6. The largest absolute Gasteiger partial charge is 0.424 e. The van der Waals surface area contributed by atoms with Crippen LogP contribution in [0.3, 0.4) is 0 Å². The third-order valence-electron chi connectivity index (χ3n) is 6.96. The summed E-state index contributed by atoms with van der Waals surface area (Å²) in [6.07, 6.45) is 2.03. The van der Waals surface area contributed by atoms with E-state index < -0.39 is 35.6 Å². The Labute approximate surface area is 245 Å². The summed E-state index contributed by atoms with van der Waals surface area (Å²) in [7, 11) is 0. The summed E-state index contributed by atoms with van der Waals surface area (Å²) in [4.78, 5) is 26.2. The quantitative estimate of drug-likeness (QED) is 0.349. The van der Waals surface area contributed by atoms with Crippen LogP contribution >= 0.6 is 23.2 Å². The third kappa shape index (κ3) is 6.54. The summed E-state index contributed by atoms with van der Waals surface area (Å²) >= 11 is 12.5. The Kier molecular flexibility index (Phi) is 8.72. The standard InChI is InChI=1S/C30H36Cl2N2O6/c1-19-29(37-17-27(3,4)33-19,21-9-7-11-23(31)15-21)39-25(35)13-14-26(36)40-30(22-10-8-12-24(32)16-22)20(2)34-28(5,6)18-38-30/h7-16,19-20,33-34H,17-18H2,1-6H3/b14-13+/t19-,20-,29-,30-/m0/s1. The Morgan fingerprint density at radius 2 is 1.15 bits per heavy atom. The van der Waals surface area contributed by atoms with Crippen LogP contribution in [0.2, 0.25) is 10.0 Å². The Morgan fingerprint density at radius 3 is 1.48 bits per heavy atom. The lowest BCUT2D eigenvalue weighted by molar-refractivity contribution is -0.276. The molecule has 0 spiro atoms. The molecule has 0 unspecified atom stereocenters. The highest BCUT2D eigenvalue weighted by Crippen LogP contribution is 2.39. The van der Waals surface area contributed by atoms with Crippen LogP contribution in [0.1, 0.15) is 52.7 Å². The molecule has 4 rings (SSSR count). The molecule has 0 bridgehead atoms. The number of morpholine rings is 2. The number of carbonyl (C=O) groups excluding carboxylic acids is 2. The van der Waals surface area contributed by atoms with Gasteiger partial charge in [0.05, 0.1) is 25.3 Å². The first-order valence-corrected chi connectivity index (χ1v) is 13.9. The number of nitrogens with one attached hydrogen (secondary N) is 2. The maximum Gasteiger partial charge on any atom is 0.333 e. The summed E-state index contributed by atoms with van der Waals surface area (Å²) in [5, 5.41) is 7.80. The normalized spacial score (nSPS) is 29.6. The maximum atomic E-state index is 13.1. The molecule has 4 atom stereocenters. The van der Waals surface area contributed by atoms with Gasteiger partial charge in [-0.15, -0.1) is 0 Å². The van der Waals surface area contributed by atoms with E-state index in [-0.39, 0.29) is 24.3 Å². The fraction of sp³-hybridized carbons (Fsp3) is 0.467. The molecule has 2 aromatic carbocycles. The van der Waals surface area contributed by atoms with Crippen molar-refractivity contribution in [3.8, 4) is 0 Å². The molecule has 10 heteroatoms. The number of carbonyl (C=O) groups is 2. The lowest BCUT2D eigenvalue weighted by atomic mass is 9.92. The average Bonchev–Trinajstić information content (AvgIpc) is 2.86. The van der Waals surface area contributed by atoms with Crippen LogP contribution in [-0.2, 0) is 40.1 Å². The minimum absolute atomic E-state index is 0.267. The van der Waals surface area contributed by atoms with Crippen molar-refractivity contribution in [3.05, 3.63) is 81.9 Å². The van der Waals surface area contributed by atoms with E-state index in [0.717, 1.165) is 12.2 Å². The molecule has 2 aliphatic heterocycles. The van der Waals surface area contributed by atoms with E-state index in [1.165, 1.54) is 0 Å². The Balaban J connectivity index is 1.56. The molecule has 2 aromatic rings. The smallest absolute Gasteiger partial charge is 0.333 e. The third-order valence-corrected chi connectivity index (χ3v) is 7.43. The monoisotopic (exact) mass is 590 g/mol. The first kappa shape index (κ1) is 30.5. The molecule has 2 fully saturated rings. The number of esters is 2. The van der Waals surface area contributed by atoms with Crippen LogP contribution in [-0.4, -0.2) is 48.3 Å².